The molecule has 96 valence electrons. The highest BCUT2D eigenvalue weighted by Gasteiger charge is 2.25. The molecular weight excluding hydrogens is 239 g/mol. The Labute approximate surface area is 103 Å². The van der Waals surface area contributed by atoms with Gasteiger partial charge in [-0.15, -0.1) is 0 Å². The molecule has 0 aromatic heterocycles. The van der Waals surface area contributed by atoms with E-state index in [2.05, 4.69) is 5.32 Å². The highest BCUT2D eigenvalue weighted by molar-refractivity contribution is 5.94. The van der Waals surface area contributed by atoms with Crippen LogP contribution in [-0.4, -0.2) is 10.8 Å². The molecule has 18 heavy (non-hydrogen) atoms. The SMILES string of the molecule is O=C(Nc1cc(F)ccc1[N+](=O)[O-])C1CCCC1. The van der Waals surface area contributed by atoms with E-state index in [0.717, 1.165) is 43.9 Å². The molecule has 0 spiro atoms. The van der Waals surface area contributed by atoms with Crippen molar-refractivity contribution in [2.45, 2.75) is 25.7 Å². The first-order valence-corrected chi connectivity index (χ1v) is 5.83. The van der Waals surface area contributed by atoms with E-state index in [1.807, 2.05) is 0 Å². The van der Waals surface area contributed by atoms with Crippen molar-refractivity contribution in [3.8, 4) is 0 Å². The molecule has 0 aliphatic heterocycles. The van der Waals surface area contributed by atoms with Crippen LogP contribution in [0.1, 0.15) is 25.7 Å². The zero-order chi connectivity index (χ0) is 13.1. The summed E-state index contributed by atoms with van der Waals surface area (Å²) in [6.07, 6.45) is 3.55. The van der Waals surface area contributed by atoms with Crippen molar-refractivity contribution in [1.29, 1.82) is 0 Å². The number of amides is 1. The molecule has 0 atom stereocenters. The molecule has 1 aromatic rings. The van der Waals surface area contributed by atoms with Crippen LogP contribution < -0.4 is 5.32 Å². The van der Waals surface area contributed by atoms with E-state index >= 15 is 0 Å². The molecule has 1 N–H and O–H groups in total. The lowest BCUT2D eigenvalue weighted by Crippen LogP contribution is -2.20. The average molecular weight is 252 g/mol. The van der Waals surface area contributed by atoms with Gasteiger partial charge < -0.3 is 5.32 Å². The van der Waals surface area contributed by atoms with E-state index in [0.29, 0.717) is 0 Å². The third kappa shape index (κ3) is 2.64. The monoisotopic (exact) mass is 252 g/mol. The van der Waals surface area contributed by atoms with E-state index in [9.17, 15) is 19.3 Å². The van der Waals surface area contributed by atoms with Crippen LogP contribution in [0.5, 0.6) is 0 Å². The third-order valence-corrected chi connectivity index (χ3v) is 3.14. The van der Waals surface area contributed by atoms with Crippen molar-refractivity contribution < 1.29 is 14.1 Å². The number of nitro groups is 1. The molecule has 5 nitrogen and oxygen atoms in total. The number of nitro benzene ring substituents is 1. The van der Waals surface area contributed by atoms with Crippen LogP contribution in [0.25, 0.3) is 0 Å². The number of anilines is 1. The van der Waals surface area contributed by atoms with Crippen molar-refractivity contribution in [1.82, 2.24) is 0 Å². The van der Waals surface area contributed by atoms with Gasteiger partial charge in [0.1, 0.15) is 11.5 Å². The molecule has 0 bridgehead atoms. The zero-order valence-electron chi connectivity index (χ0n) is 9.69. The van der Waals surface area contributed by atoms with Gasteiger partial charge in [-0.05, 0) is 18.9 Å². The normalized spacial score (nSPS) is 15.6. The molecule has 1 fully saturated rings. The maximum atomic E-state index is 13.1. The summed E-state index contributed by atoms with van der Waals surface area (Å²) in [5.41, 5.74) is -0.361. The van der Waals surface area contributed by atoms with Gasteiger partial charge in [0.15, 0.2) is 0 Å². The molecule has 0 radical (unpaired) electrons. The molecular formula is C12H13FN2O3. The number of carbonyl (C=O) groups is 1. The summed E-state index contributed by atoms with van der Waals surface area (Å²) < 4.78 is 13.1. The number of hydrogen-bond acceptors (Lipinski definition) is 3. The minimum Gasteiger partial charge on any atom is -0.320 e. The second kappa shape index (κ2) is 5.12. The first-order valence-electron chi connectivity index (χ1n) is 5.83. The Balaban J connectivity index is 2.19. The molecule has 1 saturated carbocycles. The Morgan fingerprint density at radius 3 is 2.67 bits per heavy atom. The Bertz CT molecular complexity index is 484. The average Bonchev–Trinajstić information content (AvgIpc) is 2.81. The second-order valence-electron chi connectivity index (χ2n) is 4.39. The predicted octanol–water partition coefficient (Wildman–Crippen LogP) is 2.86. The van der Waals surface area contributed by atoms with Crippen LogP contribution in [0.2, 0.25) is 0 Å². The van der Waals surface area contributed by atoms with Crippen molar-refractivity contribution in [2.24, 2.45) is 5.92 Å². The lowest BCUT2D eigenvalue weighted by molar-refractivity contribution is -0.384. The van der Waals surface area contributed by atoms with Crippen LogP contribution in [0.4, 0.5) is 15.8 Å². The fraction of sp³-hybridized carbons (Fsp3) is 0.417. The Morgan fingerprint density at radius 1 is 1.39 bits per heavy atom. The van der Waals surface area contributed by atoms with E-state index in [4.69, 9.17) is 0 Å². The van der Waals surface area contributed by atoms with Crippen molar-refractivity contribution >= 4 is 17.3 Å². The second-order valence-corrected chi connectivity index (χ2v) is 4.39. The van der Waals surface area contributed by atoms with E-state index in [1.165, 1.54) is 0 Å². The lowest BCUT2D eigenvalue weighted by Gasteiger charge is -2.10. The summed E-state index contributed by atoms with van der Waals surface area (Å²) in [6.45, 7) is 0. The smallest absolute Gasteiger partial charge is 0.292 e. The summed E-state index contributed by atoms with van der Waals surface area (Å²) in [7, 11) is 0. The number of benzene rings is 1. The van der Waals surface area contributed by atoms with Crippen molar-refractivity contribution in [2.75, 3.05) is 5.32 Å². The van der Waals surface area contributed by atoms with Gasteiger partial charge in [-0.1, -0.05) is 12.8 Å². The maximum absolute atomic E-state index is 13.1. The summed E-state index contributed by atoms with van der Waals surface area (Å²) >= 11 is 0. The number of hydrogen-bond donors (Lipinski definition) is 1. The molecule has 0 saturated heterocycles. The number of halogens is 1. The largest absolute Gasteiger partial charge is 0.320 e. The van der Waals surface area contributed by atoms with Crippen LogP contribution in [-0.2, 0) is 4.79 Å². The summed E-state index contributed by atoms with van der Waals surface area (Å²) in [5.74, 6) is -0.989. The molecule has 6 heteroatoms. The minimum absolute atomic E-state index is 0.0723. The van der Waals surface area contributed by atoms with Crippen LogP contribution in [0, 0.1) is 21.8 Å². The topological polar surface area (TPSA) is 72.2 Å². The third-order valence-electron chi connectivity index (χ3n) is 3.14. The van der Waals surface area contributed by atoms with Crippen molar-refractivity contribution in [3.05, 3.63) is 34.1 Å². The molecule has 1 aromatic carbocycles. The molecule has 1 aliphatic rings. The van der Waals surface area contributed by atoms with Gasteiger partial charge in [0.2, 0.25) is 5.91 Å². The summed E-state index contributed by atoms with van der Waals surface area (Å²) in [5, 5.41) is 13.2. The fourth-order valence-corrected chi connectivity index (χ4v) is 2.19. The van der Waals surface area contributed by atoms with Crippen LogP contribution in [0.15, 0.2) is 18.2 Å². The summed E-state index contributed by atoms with van der Waals surface area (Å²) in [4.78, 5) is 22.0. The Morgan fingerprint density at radius 2 is 2.06 bits per heavy atom. The number of nitrogens with zero attached hydrogens (tertiary/aromatic N) is 1. The zero-order valence-corrected chi connectivity index (χ0v) is 9.69. The first-order chi connectivity index (χ1) is 8.58. The van der Waals surface area contributed by atoms with Gasteiger partial charge in [0.25, 0.3) is 5.69 Å². The van der Waals surface area contributed by atoms with Gasteiger partial charge in [-0.25, -0.2) is 4.39 Å². The lowest BCUT2D eigenvalue weighted by atomic mass is 10.1. The maximum Gasteiger partial charge on any atom is 0.292 e. The van der Waals surface area contributed by atoms with Crippen LogP contribution >= 0.6 is 0 Å². The molecule has 1 amide bonds. The summed E-state index contributed by atoms with van der Waals surface area (Å²) in [6, 6.07) is 3.04. The van der Waals surface area contributed by atoms with Crippen molar-refractivity contribution in [3.63, 3.8) is 0 Å². The van der Waals surface area contributed by atoms with Gasteiger partial charge >= 0.3 is 0 Å². The van der Waals surface area contributed by atoms with Gasteiger partial charge in [0, 0.05) is 18.1 Å². The van der Waals surface area contributed by atoms with Crippen LogP contribution in [0.3, 0.4) is 0 Å². The number of nitrogens with one attached hydrogen (secondary N) is 1. The number of carbonyl (C=O) groups excluding carboxylic acids is 1. The number of rotatable bonds is 3. The van der Waals surface area contributed by atoms with Gasteiger partial charge in [0.05, 0.1) is 4.92 Å². The van der Waals surface area contributed by atoms with Gasteiger partial charge in [-0.2, -0.15) is 0 Å². The standard InChI is InChI=1S/C12H13FN2O3/c13-9-5-6-11(15(17)18)10(7-9)14-12(16)8-3-1-2-4-8/h5-8H,1-4H2,(H,14,16). The van der Waals surface area contributed by atoms with E-state index < -0.39 is 10.7 Å². The fourth-order valence-electron chi connectivity index (χ4n) is 2.19. The first kappa shape index (κ1) is 12.5. The molecule has 2 rings (SSSR count). The molecule has 0 unspecified atom stereocenters. The quantitative estimate of drug-likeness (QED) is 0.664. The minimum atomic E-state index is -0.635. The molecule has 0 heterocycles. The highest BCUT2D eigenvalue weighted by Crippen LogP contribution is 2.29. The predicted molar refractivity (Wildman–Crippen MR) is 63.6 cm³/mol. The van der Waals surface area contributed by atoms with Gasteiger partial charge in [-0.3, -0.25) is 14.9 Å². The molecule has 1 aliphatic carbocycles. The Kier molecular flexibility index (Phi) is 3.55. The van der Waals surface area contributed by atoms with E-state index in [-0.39, 0.29) is 23.2 Å². The van der Waals surface area contributed by atoms with E-state index in [1.54, 1.807) is 0 Å². The highest BCUT2D eigenvalue weighted by atomic mass is 19.1. The Hall–Kier alpha value is -1.98.